The molecule has 0 saturated heterocycles. The number of carbonyl (C=O) groups excluding carboxylic acids is 2. The molecule has 5 nitrogen and oxygen atoms in total. The van der Waals surface area contributed by atoms with E-state index in [4.69, 9.17) is 17.0 Å². The van der Waals surface area contributed by atoms with Gasteiger partial charge in [-0.05, 0) is 49.9 Å². The smallest absolute Gasteiger partial charge is 0.341 e. The van der Waals surface area contributed by atoms with Crippen molar-refractivity contribution in [1.29, 1.82) is 0 Å². The molecule has 1 amide bonds. The molecule has 1 aliphatic carbocycles. The van der Waals surface area contributed by atoms with Crippen LogP contribution in [0.1, 0.15) is 54.9 Å². The highest BCUT2D eigenvalue weighted by Gasteiger charge is 2.28. The zero-order valence-corrected chi connectivity index (χ0v) is 16.2. The molecular weight excluding hydrogens is 344 g/mol. The number of esters is 1. The zero-order valence-electron chi connectivity index (χ0n) is 14.5. The lowest BCUT2D eigenvalue weighted by molar-refractivity contribution is -0.122. The predicted molar refractivity (Wildman–Crippen MR) is 101 cm³/mol. The SMILES string of the molecule is CCOC(=O)c1c(NC(=S)NC(=O)C(C)C)sc2c1CCC(C)C2. The number of amides is 1. The maximum Gasteiger partial charge on any atom is 0.341 e. The Kier molecular flexibility index (Phi) is 6.34. The van der Waals surface area contributed by atoms with Crippen molar-refractivity contribution < 1.29 is 14.3 Å². The Hall–Kier alpha value is -1.47. The van der Waals surface area contributed by atoms with Crippen LogP contribution in [0.5, 0.6) is 0 Å². The fourth-order valence-corrected chi connectivity index (χ4v) is 4.32. The van der Waals surface area contributed by atoms with Crippen molar-refractivity contribution in [3.63, 3.8) is 0 Å². The van der Waals surface area contributed by atoms with E-state index in [1.807, 2.05) is 0 Å². The topological polar surface area (TPSA) is 67.4 Å². The van der Waals surface area contributed by atoms with Gasteiger partial charge >= 0.3 is 5.97 Å². The third-order valence-electron chi connectivity index (χ3n) is 3.98. The van der Waals surface area contributed by atoms with E-state index in [2.05, 4.69) is 17.6 Å². The van der Waals surface area contributed by atoms with Gasteiger partial charge in [-0.15, -0.1) is 11.3 Å². The van der Waals surface area contributed by atoms with Gasteiger partial charge in [0.25, 0.3) is 0 Å². The lowest BCUT2D eigenvalue weighted by atomic mass is 9.88. The first kappa shape index (κ1) is 18.9. The monoisotopic (exact) mass is 368 g/mol. The Balaban J connectivity index is 2.26. The molecule has 0 spiro atoms. The summed E-state index contributed by atoms with van der Waals surface area (Å²) < 4.78 is 5.22. The molecule has 0 bridgehead atoms. The summed E-state index contributed by atoms with van der Waals surface area (Å²) in [5.74, 6) is -0.0384. The van der Waals surface area contributed by atoms with Gasteiger partial charge in [-0.2, -0.15) is 0 Å². The van der Waals surface area contributed by atoms with Crippen molar-refractivity contribution in [3.05, 3.63) is 16.0 Å². The van der Waals surface area contributed by atoms with E-state index in [0.717, 1.165) is 24.8 Å². The van der Waals surface area contributed by atoms with Crippen LogP contribution in [-0.4, -0.2) is 23.6 Å². The predicted octanol–water partition coefficient (Wildman–Crippen LogP) is 3.52. The van der Waals surface area contributed by atoms with Gasteiger partial charge in [-0.1, -0.05) is 20.8 Å². The fraction of sp³-hybridized carbons (Fsp3) is 0.588. The average molecular weight is 369 g/mol. The third kappa shape index (κ3) is 4.33. The minimum Gasteiger partial charge on any atom is -0.462 e. The Morgan fingerprint density at radius 1 is 1.42 bits per heavy atom. The lowest BCUT2D eigenvalue weighted by Gasteiger charge is -2.18. The number of carbonyl (C=O) groups is 2. The van der Waals surface area contributed by atoms with Crippen LogP contribution in [0.25, 0.3) is 0 Å². The normalized spacial score (nSPS) is 16.5. The van der Waals surface area contributed by atoms with Crippen molar-refractivity contribution in [2.45, 2.75) is 47.0 Å². The molecule has 0 saturated carbocycles. The minimum absolute atomic E-state index is 0.153. The van der Waals surface area contributed by atoms with Crippen LogP contribution in [0.2, 0.25) is 0 Å². The third-order valence-corrected chi connectivity index (χ3v) is 5.35. The van der Waals surface area contributed by atoms with Crippen LogP contribution >= 0.6 is 23.6 Å². The second-order valence-corrected chi connectivity index (χ2v) is 7.89. The van der Waals surface area contributed by atoms with Crippen LogP contribution in [0.4, 0.5) is 5.00 Å². The number of anilines is 1. The molecule has 1 aromatic heterocycles. The molecule has 0 fully saturated rings. The molecule has 0 aliphatic heterocycles. The molecule has 1 unspecified atom stereocenters. The Bertz CT molecular complexity index is 653. The molecule has 1 aromatic rings. The van der Waals surface area contributed by atoms with E-state index in [1.165, 1.54) is 16.2 Å². The number of fused-ring (bicyclic) bond motifs is 1. The summed E-state index contributed by atoms with van der Waals surface area (Å²) in [4.78, 5) is 25.4. The number of hydrogen-bond donors (Lipinski definition) is 2. The van der Waals surface area contributed by atoms with Gasteiger partial charge in [0.15, 0.2) is 5.11 Å². The summed E-state index contributed by atoms with van der Waals surface area (Å²) >= 11 is 6.75. The quantitative estimate of drug-likeness (QED) is 0.629. The van der Waals surface area contributed by atoms with E-state index >= 15 is 0 Å². The number of thiophene rings is 1. The Morgan fingerprint density at radius 3 is 2.75 bits per heavy atom. The molecule has 0 aromatic carbocycles. The number of rotatable bonds is 4. The van der Waals surface area contributed by atoms with Gasteiger partial charge in [0.05, 0.1) is 12.2 Å². The van der Waals surface area contributed by atoms with Gasteiger partial charge in [-0.3, -0.25) is 4.79 Å². The van der Waals surface area contributed by atoms with Crippen LogP contribution in [0.3, 0.4) is 0 Å². The summed E-state index contributed by atoms with van der Waals surface area (Å²) in [6, 6.07) is 0. The number of thiocarbonyl (C=S) groups is 1. The molecule has 24 heavy (non-hydrogen) atoms. The van der Waals surface area contributed by atoms with Crippen molar-refractivity contribution in [2.75, 3.05) is 11.9 Å². The van der Waals surface area contributed by atoms with Gasteiger partial charge in [0.2, 0.25) is 5.91 Å². The molecule has 1 atom stereocenters. The van der Waals surface area contributed by atoms with Gasteiger partial charge in [-0.25, -0.2) is 4.79 Å². The average Bonchev–Trinajstić information content (AvgIpc) is 2.83. The second kappa shape index (κ2) is 8.07. The fourth-order valence-electron chi connectivity index (χ4n) is 2.65. The maximum atomic E-state index is 12.4. The molecule has 1 heterocycles. The van der Waals surface area contributed by atoms with Crippen molar-refractivity contribution in [2.24, 2.45) is 11.8 Å². The summed E-state index contributed by atoms with van der Waals surface area (Å²) in [5.41, 5.74) is 1.64. The van der Waals surface area contributed by atoms with Gasteiger partial charge < -0.3 is 15.4 Å². The highest BCUT2D eigenvalue weighted by molar-refractivity contribution is 7.80. The molecule has 2 rings (SSSR count). The van der Waals surface area contributed by atoms with Crippen molar-refractivity contribution >= 4 is 45.5 Å². The molecule has 132 valence electrons. The van der Waals surface area contributed by atoms with E-state index in [9.17, 15) is 9.59 Å². The van der Waals surface area contributed by atoms with Crippen molar-refractivity contribution in [3.8, 4) is 0 Å². The lowest BCUT2D eigenvalue weighted by Crippen LogP contribution is -2.36. The molecule has 2 N–H and O–H groups in total. The zero-order chi connectivity index (χ0) is 17.9. The number of hydrogen-bond acceptors (Lipinski definition) is 5. The Labute approximate surface area is 152 Å². The second-order valence-electron chi connectivity index (χ2n) is 6.37. The van der Waals surface area contributed by atoms with Crippen LogP contribution in [-0.2, 0) is 22.4 Å². The first-order chi connectivity index (χ1) is 11.3. The molecular formula is C17H24N2O3S2. The summed E-state index contributed by atoms with van der Waals surface area (Å²) in [7, 11) is 0. The molecule has 7 heteroatoms. The number of nitrogens with one attached hydrogen (secondary N) is 2. The maximum absolute atomic E-state index is 12.4. The standard InChI is InChI=1S/C17H24N2O3S2/c1-5-22-16(21)13-11-7-6-10(4)8-12(11)24-15(13)19-17(23)18-14(20)9(2)3/h9-10H,5-8H2,1-4H3,(H2,18,19,20,23). The van der Waals surface area contributed by atoms with Crippen LogP contribution < -0.4 is 10.6 Å². The molecule has 0 radical (unpaired) electrons. The molecule has 1 aliphatic rings. The van der Waals surface area contributed by atoms with Gasteiger partial charge in [0, 0.05) is 10.8 Å². The largest absolute Gasteiger partial charge is 0.462 e. The Morgan fingerprint density at radius 2 is 2.12 bits per heavy atom. The first-order valence-electron chi connectivity index (χ1n) is 8.26. The number of ether oxygens (including phenoxy) is 1. The first-order valence-corrected chi connectivity index (χ1v) is 9.49. The van der Waals surface area contributed by atoms with Gasteiger partial charge in [0.1, 0.15) is 5.00 Å². The van der Waals surface area contributed by atoms with Crippen LogP contribution in [0.15, 0.2) is 0 Å². The van der Waals surface area contributed by atoms with E-state index in [0.29, 0.717) is 23.1 Å². The summed E-state index contributed by atoms with van der Waals surface area (Å²) in [5, 5.41) is 6.56. The van der Waals surface area contributed by atoms with E-state index < -0.39 is 0 Å². The van der Waals surface area contributed by atoms with E-state index in [1.54, 1.807) is 20.8 Å². The minimum atomic E-state index is -0.329. The summed E-state index contributed by atoms with van der Waals surface area (Å²) in [6.45, 7) is 7.93. The van der Waals surface area contributed by atoms with Crippen molar-refractivity contribution in [1.82, 2.24) is 5.32 Å². The summed E-state index contributed by atoms with van der Waals surface area (Å²) in [6.07, 6.45) is 2.89. The highest BCUT2D eigenvalue weighted by Crippen LogP contribution is 2.40. The highest BCUT2D eigenvalue weighted by atomic mass is 32.1. The van der Waals surface area contributed by atoms with E-state index in [-0.39, 0.29) is 22.9 Å². The van der Waals surface area contributed by atoms with Crippen LogP contribution in [0, 0.1) is 11.8 Å².